The highest BCUT2D eigenvalue weighted by atomic mass is 19.4. The molecule has 116 valence electrons. The summed E-state index contributed by atoms with van der Waals surface area (Å²) in [4.78, 5) is 2.26. The molecule has 3 atom stereocenters. The highest BCUT2D eigenvalue weighted by molar-refractivity contribution is 5.26. The fourth-order valence-electron chi connectivity index (χ4n) is 3.15. The smallest absolute Gasteiger partial charge is 0.372 e. The van der Waals surface area contributed by atoms with Crippen molar-refractivity contribution in [2.24, 2.45) is 5.73 Å². The molecular formula is C15H19F3N2O. The molecule has 0 radical (unpaired) electrons. The molecule has 2 aliphatic rings. The molecule has 0 amide bonds. The summed E-state index contributed by atoms with van der Waals surface area (Å²) in [7, 11) is 0. The van der Waals surface area contributed by atoms with Crippen LogP contribution in [0.15, 0.2) is 24.3 Å². The van der Waals surface area contributed by atoms with Gasteiger partial charge in [-0.3, -0.25) is 4.90 Å². The van der Waals surface area contributed by atoms with Crippen molar-refractivity contribution in [3.05, 3.63) is 35.4 Å². The predicted octanol–water partition coefficient (Wildman–Crippen LogP) is 2.57. The molecule has 2 aliphatic heterocycles. The number of benzene rings is 1. The summed E-state index contributed by atoms with van der Waals surface area (Å²) in [6, 6.07) is 4.87. The summed E-state index contributed by atoms with van der Waals surface area (Å²) < 4.78 is 43.4. The van der Waals surface area contributed by atoms with Crippen LogP contribution in [0, 0.1) is 0 Å². The number of halogens is 3. The number of alkyl halides is 3. The minimum absolute atomic E-state index is 0.273. The van der Waals surface area contributed by atoms with Crippen molar-refractivity contribution in [1.29, 1.82) is 0 Å². The van der Waals surface area contributed by atoms with Crippen molar-refractivity contribution in [2.75, 3.05) is 19.6 Å². The van der Waals surface area contributed by atoms with Crippen LogP contribution in [0.1, 0.15) is 30.0 Å². The predicted molar refractivity (Wildman–Crippen MR) is 72.7 cm³/mol. The second-order valence-corrected chi connectivity index (χ2v) is 5.90. The number of nitrogens with zero attached hydrogens (tertiary/aromatic N) is 1. The van der Waals surface area contributed by atoms with E-state index in [0.717, 1.165) is 43.6 Å². The van der Waals surface area contributed by atoms with Crippen LogP contribution in [0.2, 0.25) is 0 Å². The average Bonchev–Trinajstić information content (AvgIpc) is 2.77. The molecule has 1 aromatic rings. The van der Waals surface area contributed by atoms with E-state index >= 15 is 0 Å². The third-order valence-corrected chi connectivity index (χ3v) is 4.24. The SMILES string of the molecule is NC(CN1CC2CCC(C1)O2)c1ccc(C(F)(F)F)cc1. The number of nitrogens with two attached hydrogens (primary N) is 1. The molecule has 0 spiro atoms. The van der Waals surface area contributed by atoms with E-state index in [0.29, 0.717) is 18.8 Å². The first-order valence-electron chi connectivity index (χ1n) is 7.22. The molecule has 2 heterocycles. The Morgan fingerprint density at radius 1 is 1.14 bits per heavy atom. The zero-order chi connectivity index (χ0) is 15.0. The number of hydrogen-bond donors (Lipinski definition) is 1. The van der Waals surface area contributed by atoms with Crippen molar-refractivity contribution in [2.45, 2.75) is 37.3 Å². The summed E-state index contributed by atoms with van der Waals surface area (Å²) in [5.74, 6) is 0. The Labute approximate surface area is 121 Å². The zero-order valence-electron chi connectivity index (χ0n) is 11.6. The lowest BCUT2D eigenvalue weighted by molar-refractivity contribution is -0.137. The molecule has 2 saturated heterocycles. The first-order valence-corrected chi connectivity index (χ1v) is 7.22. The van der Waals surface area contributed by atoms with E-state index in [4.69, 9.17) is 10.5 Å². The minimum Gasteiger partial charge on any atom is -0.372 e. The van der Waals surface area contributed by atoms with Crippen molar-refractivity contribution in [3.63, 3.8) is 0 Å². The summed E-state index contributed by atoms with van der Waals surface area (Å²) in [6.07, 6.45) is -1.52. The number of morpholine rings is 1. The lowest BCUT2D eigenvalue weighted by Crippen LogP contribution is -2.45. The summed E-state index contributed by atoms with van der Waals surface area (Å²) >= 11 is 0. The third kappa shape index (κ3) is 3.39. The molecule has 2 bridgehead atoms. The Morgan fingerprint density at radius 2 is 1.71 bits per heavy atom. The Hall–Kier alpha value is -1.11. The van der Waals surface area contributed by atoms with Gasteiger partial charge in [-0.1, -0.05) is 12.1 Å². The second kappa shape index (κ2) is 5.59. The first kappa shape index (κ1) is 14.8. The number of rotatable bonds is 3. The van der Waals surface area contributed by atoms with E-state index in [2.05, 4.69) is 4.90 Å². The van der Waals surface area contributed by atoms with Crippen LogP contribution in [0.4, 0.5) is 13.2 Å². The van der Waals surface area contributed by atoms with Crippen molar-refractivity contribution in [3.8, 4) is 0 Å². The van der Waals surface area contributed by atoms with E-state index in [1.165, 1.54) is 12.1 Å². The number of hydrogen-bond acceptors (Lipinski definition) is 3. The van der Waals surface area contributed by atoms with Crippen molar-refractivity contribution < 1.29 is 17.9 Å². The van der Waals surface area contributed by atoms with E-state index in [-0.39, 0.29) is 6.04 Å². The normalized spacial score (nSPS) is 27.8. The molecule has 0 saturated carbocycles. The molecular weight excluding hydrogens is 281 g/mol. The quantitative estimate of drug-likeness (QED) is 0.932. The fourth-order valence-corrected chi connectivity index (χ4v) is 3.15. The Bertz CT molecular complexity index is 477. The topological polar surface area (TPSA) is 38.5 Å². The summed E-state index contributed by atoms with van der Waals surface area (Å²) in [6.45, 7) is 2.39. The van der Waals surface area contributed by atoms with E-state index in [9.17, 15) is 13.2 Å². The van der Waals surface area contributed by atoms with Gasteiger partial charge in [0, 0.05) is 25.7 Å². The number of fused-ring (bicyclic) bond motifs is 2. The van der Waals surface area contributed by atoms with Gasteiger partial charge in [-0.15, -0.1) is 0 Å². The van der Waals surface area contributed by atoms with Gasteiger partial charge in [-0.05, 0) is 30.5 Å². The van der Waals surface area contributed by atoms with Crippen LogP contribution in [-0.2, 0) is 10.9 Å². The van der Waals surface area contributed by atoms with Gasteiger partial charge >= 0.3 is 6.18 Å². The Kier molecular flexibility index (Phi) is 3.94. The molecule has 0 aliphatic carbocycles. The van der Waals surface area contributed by atoms with E-state index in [1.807, 2.05) is 0 Å². The van der Waals surface area contributed by atoms with E-state index in [1.54, 1.807) is 0 Å². The Morgan fingerprint density at radius 3 is 2.24 bits per heavy atom. The zero-order valence-corrected chi connectivity index (χ0v) is 11.6. The first-order chi connectivity index (χ1) is 9.91. The highest BCUT2D eigenvalue weighted by Crippen LogP contribution is 2.30. The standard InChI is InChI=1S/C15H19F3N2O/c16-15(17,18)11-3-1-10(2-4-11)14(19)9-20-7-12-5-6-13(8-20)21-12/h1-4,12-14H,5-9,19H2. The molecule has 2 fully saturated rings. The van der Waals surface area contributed by atoms with Crippen molar-refractivity contribution >= 4 is 0 Å². The highest BCUT2D eigenvalue weighted by Gasteiger charge is 2.34. The van der Waals surface area contributed by atoms with Gasteiger partial charge in [0.2, 0.25) is 0 Å². The molecule has 21 heavy (non-hydrogen) atoms. The maximum atomic E-state index is 12.5. The lowest BCUT2D eigenvalue weighted by Gasteiger charge is -2.33. The molecule has 3 nitrogen and oxygen atoms in total. The summed E-state index contributed by atoms with van der Waals surface area (Å²) in [5, 5.41) is 0. The summed E-state index contributed by atoms with van der Waals surface area (Å²) in [5.41, 5.74) is 6.23. The Balaban J connectivity index is 1.61. The van der Waals surface area contributed by atoms with Crippen LogP contribution < -0.4 is 5.73 Å². The van der Waals surface area contributed by atoms with Gasteiger partial charge in [0.25, 0.3) is 0 Å². The van der Waals surface area contributed by atoms with Crippen molar-refractivity contribution in [1.82, 2.24) is 4.90 Å². The van der Waals surface area contributed by atoms with Crippen LogP contribution in [-0.4, -0.2) is 36.7 Å². The van der Waals surface area contributed by atoms with Crippen LogP contribution in [0.3, 0.4) is 0 Å². The third-order valence-electron chi connectivity index (χ3n) is 4.24. The molecule has 3 unspecified atom stereocenters. The largest absolute Gasteiger partial charge is 0.416 e. The minimum atomic E-state index is -4.30. The van der Waals surface area contributed by atoms with Crippen LogP contribution in [0.25, 0.3) is 0 Å². The van der Waals surface area contributed by atoms with Gasteiger partial charge in [0.1, 0.15) is 0 Å². The fraction of sp³-hybridized carbons (Fsp3) is 0.600. The molecule has 3 rings (SSSR count). The maximum Gasteiger partial charge on any atom is 0.416 e. The van der Waals surface area contributed by atoms with Gasteiger partial charge in [-0.25, -0.2) is 0 Å². The van der Waals surface area contributed by atoms with Gasteiger partial charge < -0.3 is 10.5 Å². The monoisotopic (exact) mass is 300 g/mol. The molecule has 6 heteroatoms. The van der Waals surface area contributed by atoms with Gasteiger partial charge in [0.15, 0.2) is 0 Å². The molecule has 0 aromatic heterocycles. The maximum absolute atomic E-state index is 12.5. The number of likely N-dealkylation sites (tertiary alicyclic amines) is 1. The lowest BCUT2D eigenvalue weighted by atomic mass is 10.0. The second-order valence-electron chi connectivity index (χ2n) is 5.90. The van der Waals surface area contributed by atoms with Crippen LogP contribution >= 0.6 is 0 Å². The van der Waals surface area contributed by atoms with Crippen LogP contribution in [0.5, 0.6) is 0 Å². The van der Waals surface area contributed by atoms with Gasteiger partial charge in [-0.2, -0.15) is 13.2 Å². The molecule has 1 aromatic carbocycles. The molecule has 2 N–H and O–H groups in total. The van der Waals surface area contributed by atoms with E-state index < -0.39 is 11.7 Å². The average molecular weight is 300 g/mol. The van der Waals surface area contributed by atoms with Gasteiger partial charge in [0.05, 0.1) is 17.8 Å². The number of ether oxygens (including phenoxy) is 1.